The van der Waals surface area contributed by atoms with Crippen LogP contribution >= 0.6 is 11.6 Å². The van der Waals surface area contributed by atoms with E-state index in [1.54, 1.807) is 45.0 Å². The summed E-state index contributed by atoms with van der Waals surface area (Å²) < 4.78 is 5.32. The summed E-state index contributed by atoms with van der Waals surface area (Å²) in [5, 5.41) is 10.1. The van der Waals surface area contributed by atoms with Crippen molar-refractivity contribution in [1.29, 1.82) is 0 Å². The normalized spacial score (nSPS) is 23.4. The second kappa shape index (κ2) is 6.67. The lowest BCUT2D eigenvalue weighted by atomic mass is 9.75. The van der Waals surface area contributed by atoms with Gasteiger partial charge in [0.2, 0.25) is 0 Å². The number of rotatable bonds is 3. The number of aliphatic carboxylic acids is 1. The Bertz CT molecular complexity index is 694. The first-order valence-corrected chi connectivity index (χ1v) is 8.33. The summed E-state index contributed by atoms with van der Waals surface area (Å²) in [6.07, 6.45) is -0.740. The molecule has 0 aliphatic carbocycles. The van der Waals surface area contributed by atoms with Crippen LogP contribution in [0.15, 0.2) is 24.3 Å². The molecule has 7 heteroatoms. The third kappa shape index (κ3) is 3.95. The molecule has 0 saturated carbocycles. The fourth-order valence-corrected chi connectivity index (χ4v) is 3.20. The van der Waals surface area contributed by atoms with E-state index in [2.05, 4.69) is 0 Å². The lowest BCUT2D eigenvalue weighted by molar-refractivity contribution is -0.142. The highest BCUT2D eigenvalue weighted by Crippen LogP contribution is 2.40. The molecule has 1 saturated heterocycles. The average Bonchev–Trinajstić information content (AvgIpc) is 2.88. The van der Waals surface area contributed by atoms with Gasteiger partial charge in [-0.1, -0.05) is 23.7 Å². The molecule has 136 valence electrons. The first-order chi connectivity index (χ1) is 11.5. The number of ether oxygens (including phenoxy) is 1. The smallest absolute Gasteiger partial charge is 0.411 e. The van der Waals surface area contributed by atoms with Crippen molar-refractivity contribution in [2.45, 2.75) is 51.2 Å². The minimum Gasteiger partial charge on any atom is -0.480 e. The Morgan fingerprint density at radius 1 is 1.24 bits per heavy atom. The van der Waals surface area contributed by atoms with Crippen LogP contribution < -0.4 is 0 Å². The van der Waals surface area contributed by atoms with Crippen LogP contribution in [-0.2, 0) is 19.7 Å². The number of carbonyl (C=O) groups excluding carboxylic acids is 2. The predicted octanol–water partition coefficient (Wildman–Crippen LogP) is 3.26. The second-order valence-corrected chi connectivity index (χ2v) is 7.75. The summed E-state index contributed by atoms with van der Waals surface area (Å²) in [4.78, 5) is 37.8. The molecule has 0 unspecified atom stereocenters. The number of benzene rings is 1. The molecule has 6 nitrogen and oxygen atoms in total. The van der Waals surface area contributed by atoms with E-state index in [1.807, 2.05) is 0 Å². The molecular formula is C18H22ClNO5. The molecule has 1 aliphatic rings. The average molecular weight is 368 g/mol. The number of likely N-dealkylation sites (tertiary alicyclic amines) is 1. The first kappa shape index (κ1) is 19.2. The van der Waals surface area contributed by atoms with Gasteiger partial charge in [0, 0.05) is 11.6 Å². The highest BCUT2D eigenvalue weighted by Gasteiger charge is 2.53. The fourth-order valence-electron chi connectivity index (χ4n) is 3.08. The number of nitrogens with zero attached hydrogens (tertiary/aromatic N) is 1. The third-order valence-electron chi connectivity index (χ3n) is 4.34. The van der Waals surface area contributed by atoms with E-state index in [0.717, 1.165) is 4.90 Å². The van der Waals surface area contributed by atoms with Crippen molar-refractivity contribution >= 4 is 29.4 Å². The molecule has 0 radical (unpaired) electrons. The molecule has 0 aromatic heterocycles. The van der Waals surface area contributed by atoms with E-state index in [9.17, 15) is 19.5 Å². The summed E-state index contributed by atoms with van der Waals surface area (Å²) in [6.45, 7) is 6.47. The predicted molar refractivity (Wildman–Crippen MR) is 92.8 cm³/mol. The second-order valence-electron chi connectivity index (χ2n) is 7.31. The minimum atomic E-state index is -1.16. The third-order valence-corrected chi connectivity index (χ3v) is 4.59. The van der Waals surface area contributed by atoms with E-state index in [4.69, 9.17) is 16.3 Å². The molecule has 0 bridgehead atoms. The van der Waals surface area contributed by atoms with Gasteiger partial charge in [-0.3, -0.25) is 9.69 Å². The van der Waals surface area contributed by atoms with Crippen molar-refractivity contribution in [3.63, 3.8) is 0 Å². The van der Waals surface area contributed by atoms with Gasteiger partial charge in [-0.05, 0) is 51.8 Å². The zero-order valence-corrected chi connectivity index (χ0v) is 15.5. The Morgan fingerprint density at radius 2 is 1.80 bits per heavy atom. The maximum Gasteiger partial charge on any atom is 0.411 e. The van der Waals surface area contributed by atoms with Crippen LogP contribution in [-0.4, -0.2) is 46.0 Å². The molecule has 1 aromatic rings. The van der Waals surface area contributed by atoms with Gasteiger partial charge in [-0.2, -0.15) is 0 Å². The van der Waals surface area contributed by atoms with Crippen molar-refractivity contribution in [3.8, 4) is 0 Å². The van der Waals surface area contributed by atoms with Gasteiger partial charge >= 0.3 is 12.1 Å². The van der Waals surface area contributed by atoms with Gasteiger partial charge in [0.1, 0.15) is 17.4 Å². The molecule has 1 heterocycles. The molecule has 0 spiro atoms. The van der Waals surface area contributed by atoms with Gasteiger partial charge < -0.3 is 9.84 Å². The van der Waals surface area contributed by atoms with Crippen molar-refractivity contribution in [2.24, 2.45) is 0 Å². The number of hydrogen-bond donors (Lipinski definition) is 1. The lowest BCUT2D eigenvalue weighted by Gasteiger charge is -2.29. The van der Waals surface area contributed by atoms with Gasteiger partial charge in [0.05, 0.1) is 5.41 Å². The topological polar surface area (TPSA) is 83.9 Å². The zero-order valence-electron chi connectivity index (χ0n) is 14.7. The monoisotopic (exact) mass is 367 g/mol. The molecule has 1 aromatic carbocycles. The largest absolute Gasteiger partial charge is 0.480 e. The summed E-state index contributed by atoms with van der Waals surface area (Å²) in [7, 11) is 0. The van der Waals surface area contributed by atoms with E-state index in [1.165, 1.54) is 6.92 Å². The van der Waals surface area contributed by atoms with Gasteiger partial charge in [0.25, 0.3) is 0 Å². The molecular weight excluding hydrogens is 346 g/mol. The van der Waals surface area contributed by atoms with Crippen molar-refractivity contribution in [2.75, 3.05) is 6.54 Å². The van der Waals surface area contributed by atoms with Crippen LogP contribution in [0.3, 0.4) is 0 Å². The molecule has 1 amide bonds. The molecule has 2 atom stereocenters. The minimum absolute atomic E-state index is 0.00145. The Hall–Kier alpha value is -2.08. The lowest BCUT2D eigenvalue weighted by Crippen LogP contribution is -2.44. The number of Topliss-reactive ketones (excluding diaryl/α,β-unsaturated/α-hetero) is 1. The van der Waals surface area contributed by atoms with E-state index >= 15 is 0 Å². The number of hydrogen-bond acceptors (Lipinski definition) is 4. The molecule has 1 fully saturated rings. The Kier molecular flexibility index (Phi) is 5.14. The number of carboxylic acid groups (broad SMARTS) is 1. The molecule has 2 rings (SSSR count). The maximum atomic E-state index is 12.5. The van der Waals surface area contributed by atoms with Crippen molar-refractivity contribution in [1.82, 2.24) is 4.90 Å². The summed E-state index contributed by atoms with van der Waals surface area (Å²) in [6, 6.07) is 5.55. The summed E-state index contributed by atoms with van der Waals surface area (Å²) in [5.41, 5.74) is -1.21. The number of halogens is 1. The standard InChI is InChI=1S/C18H22ClNO5/c1-11(21)18(12-5-7-13(19)8-6-12)9-14(15(22)23)20(10-18)16(24)25-17(2,3)4/h5-8,14H,9-10H2,1-4H3,(H,22,23)/t14-,18-/m1/s1. The van der Waals surface area contributed by atoms with Crippen LogP contribution in [0.1, 0.15) is 39.7 Å². The van der Waals surface area contributed by atoms with Crippen LogP contribution in [0.2, 0.25) is 5.02 Å². The summed E-state index contributed by atoms with van der Waals surface area (Å²) in [5.74, 6) is -1.37. The van der Waals surface area contributed by atoms with E-state index in [0.29, 0.717) is 10.6 Å². The van der Waals surface area contributed by atoms with Crippen molar-refractivity contribution < 1.29 is 24.2 Å². The SMILES string of the molecule is CC(=O)[C@@]1(c2ccc(Cl)cc2)C[C@H](C(=O)O)N(C(=O)OC(C)(C)C)C1. The Labute approximate surface area is 151 Å². The highest BCUT2D eigenvalue weighted by molar-refractivity contribution is 6.30. The molecule has 1 aliphatic heterocycles. The Morgan fingerprint density at radius 3 is 2.24 bits per heavy atom. The van der Waals surface area contributed by atoms with Gasteiger partial charge in [-0.15, -0.1) is 0 Å². The molecule has 25 heavy (non-hydrogen) atoms. The fraction of sp³-hybridized carbons (Fsp3) is 0.500. The Balaban J connectivity index is 2.44. The first-order valence-electron chi connectivity index (χ1n) is 7.96. The van der Waals surface area contributed by atoms with E-state index in [-0.39, 0.29) is 18.7 Å². The van der Waals surface area contributed by atoms with Gasteiger partial charge in [0.15, 0.2) is 0 Å². The van der Waals surface area contributed by atoms with Crippen LogP contribution in [0.25, 0.3) is 0 Å². The quantitative estimate of drug-likeness (QED) is 0.886. The van der Waals surface area contributed by atoms with Crippen LogP contribution in [0.4, 0.5) is 4.79 Å². The number of carboxylic acids is 1. The summed E-state index contributed by atoms with van der Waals surface area (Å²) >= 11 is 5.91. The number of carbonyl (C=O) groups is 3. The molecule has 1 N–H and O–H groups in total. The van der Waals surface area contributed by atoms with Crippen LogP contribution in [0.5, 0.6) is 0 Å². The van der Waals surface area contributed by atoms with Gasteiger partial charge in [-0.25, -0.2) is 9.59 Å². The highest BCUT2D eigenvalue weighted by atomic mass is 35.5. The van der Waals surface area contributed by atoms with E-state index < -0.39 is 29.1 Å². The number of amides is 1. The van der Waals surface area contributed by atoms with Crippen LogP contribution in [0, 0.1) is 0 Å². The van der Waals surface area contributed by atoms with Crippen molar-refractivity contribution in [3.05, 3.63) is 34.9 Å². The number of ketones is 1. The maximum absolute atomic E-state index is 12.5. The zero-order chi connectivity index (χ0) is 19.0.